The molecule has 2 aliphatic heterocycles. The lowest BCUT2D eigenvalue weighted by molar-refractivity contribution is -0.132. The molecule has 230 valence electrons. The summed E-state index contributed by atoms with van der Waals surface area (Å²) in [6.07, 6.45) is 2.54. The van der Waals surface area contributed by atoms with Gasteiger partial charge in [-0.2, -0.15) is 0 Å². The number of nitrogens with one attached hydrogen (secondary N) is 1. The van der Waals surface area contributed by atoms with E-state index in [1.807, 2.05) is 58.3 Å². The average molecular weight is 639 g/mol. The number of fused-ring (bicyclic) bond motifs is 2. The van der Waals surface area contributed by atoms with Crippen LogP contribution in [0.4, 0.5) is 4.39 Å². The van der Waals surface area contributed by atoms with E-state index in [0.29, 0.717) is 47.4 Å². The number of nitrogens with zero attached hydrogens (tertiary/aromatic N) is 2. The fourth-order valence-electron chi connectivity index (χ4n) is 5.99. The van der Waals surface area contributed by atoms with Crippen LogP contribution in [0.3, 0.4) is 0 Å². The van der Waals surface area contributed by atoms with Crippen LogP contribution in [0.15, 0.2) is 72.3 Å². The van der Waals surface area contributed by atoms with Crippen molar-refractivity contribution in [1.82, 2.24) is 15.1 Å². The zero-order valence-electron chi connectivity index (χ0n) is 24.4. The van der Waals surface area contributed by atoms with Crippen molar-refractivity contribution < 1.29 is 23.5 Å². The van der Waals surface area contributed by atoms with Gasteiger partial charge in [-0.25, -0.2) is 4.39 Å². The van der Waals surface area contributed by atoms with Crippen LogP contribution in [-0.4, -0.2) is 66.0 Å². The lowest BCUT2D eigenvalue weighted by Gasteiger charge is -2.44. The maximum Gasteiger partial charge on any atom is 0.252 e. The minimum absolute atomic E-state index is 0.0111. The molecule has 0 radical (unpaired) electrons. The van der Waals surface area contributed by atoms with Gasteiger partial charge >= 0.3 is 0 Å². The summed E-state index contributed by atoms with van der Waals surface area (Å²) in [4.78, 5) is 30.6. The van der Waals surface area contributed by atoms with Crippen molar-refractivity contribution in [2.75, 3.05) is 26.3 Å². The van der Waals surface area contributed by atoms with E-state index in [0.717, 1.165) is 29.5 Å². The molecule has 3 aromatic rings. The third-order valence-corrected chi connectivity index (χ3v) is 9.01. The highest BCUT2D eigenvalue weighted by atomic mass is 35.5. The summed E-state index contributed by atoms with van der Waals surface area (Å²) in [6.45, 7) is 3.49. The monoisotopic (exact) mass is 637 g/mol. The number of ether oxygens (including phenoxy) is 2. The van der Waals surface area contributed by atoms with Crippen LogP contribution in [0.5, 0.6) is 11.5 Å². The van der Waals surface area contributed by atoms with Crippen LogP contribution in [0.2, 0.25) is 10.0 Å². The molecule has 2 atom stereocenters. The Bertz CT molecular complexity index is 1580. The Kier molecular flexibility index (Phi) is 9.12. The van der Waals surface area contributed by atoms with Crippen LogP contribution < -0.4 is 14.8 Å². The molecule has 2 bridgehead atoms. The minimum atomic E-state index is -0.423. The molecule has 3 aliphatic rings. The molecule has 2 unspecified atom stereocenters. The molecule has 0 aromatic heterocycles. The first-order valence-corrected chi connectivity index (χ1v) is 15.6. The Balaban J connectivity index is 1.23. The first-order chi connectivity index (χ1) is 21.3. The second-order valence-corrected chi connectivity index (χ2v) is 12.3. The molecular formula is C34H34Cl2FN3O4. The summed E-state index contributed by atoms with van der Waals surface area (Å²) in [5, 5.41) is 4.60. The Morgan fingerprint density at radius 1 is 0.977 bits per heavy atom. The number of carbonyl (C=O) groups excluding carboxylic acids is 2. The number of piperazine rings is 1. The van der Waals surface area contributed by atoms with E-state index in [4.69, 9.17) is 32.7 Å². The standard InChI is InChI=1S/C34H34Cl2FN3O4/c1-21(41)39-19-25-17-28(22-6-11-27(12-7-22)43-14-15-44-32-16-24(37)8-13-30(32)36)33(31(20-39)38-25)34(42)40(26-9-10-26)18-23-4-2-3-5-29(23)35/h2-8,11-13,16,25-26,31,38H,9-10,14-15,17-20H2,1H3. The smallest absolute Gasteiger partial charge is 0.252 e. The van der Waals surface area contributed by atoms with Gasteiger partial charge in [0.2, 0.25) is 5.91 Å². The van der Waals surface area contributed by atoms with Gasteiger partial charge in [-0.05, 0) is 66.3 Å². The average Bonchev–Trinajstić information content (AvgIpc) is 3.85. The van der Waals surface area contributed by atoms with E-state index in [2.05, 4.69) is 5.32 Å². The first-order valence-electron chi connectivity index (χ1n) is 14.9. The van der Waals surface area contributed by atoms with Gasteiger partial charge in [-0.1, -0.05) is 53.5 Å². The number of hydrogen-bond donors (Lipinski definition) is 1. The quantitative estimate of drug-likeness (QED) is 0.271. The SMILES string of the molecule is CC(=O)N1CC2CC(c3ccc(OCCOc4cc(F)ccc4Cl)cc3)=C(C(=O)N(Cc3ccccc3Cl)C3CC3)C(C1)N2. The third kappa shape index (κ3) is 6.88. The van der Waals surface area contributed by atoms with Crippen LogP contribution in [-0.2, 0) is 16.1 Å². The van der Waals surface area contributed by atoms with Crippen LogP contribution >= 0.6 is 23.2 Å². The number of rotatable bonds is 10. The zero-order chi connectivity index (χ0) is 30.8. The highest BCUT2D eigenvalue weighted by molar-refractivity contribution is 6.32. The normalized spacial score (nSPS) is 19.5. The van der Waals surface area contributed by atoms with Gasteiger partial charge in [0.05, 0.1) is 11.1 Å². The van der Waals surface area contributed by atoms with Gasteiger partial charge in [-0.15, -0.1) is 0 Å². The Morgan fingerprint density at radius 3 is 2.45 bits per heavy atom. The lowest BCUT2D eigenvalue weighted by atomic mass is 9.82. The van der Waals surface area contributed by atoms with Gasteiger partial charge < -0.3 is 24.6 Å². The van der Waals surface area contributed by atoms with E-state index in [9.17, 15) is 14.0 Å². The van der Waals surface area contributed by atoms with Crippen LogP contribution in [0.1, 0.15) is 37.3 Å². The van der Waals surface area contributed by atoms with E-state index >= 15 is 0 Å². The molecule has 1 N–H and O–H groups in total. The van der Waals surface area contributed by atoms with Crippen molar-refractivity contribution in [3.63, 3.8) is 0 Å². The topological polar surface area (TPSA) is 71.1 Å². The first kappa shape index (κ1) is 30.4. The van der Waals surface area contributed by atoms with E-state index in [1.54, 1.807) is 6.92 Å². The fourth-order valence-corrected chi connectivity index (χ4v) is 6.36. The summed E-state index contributed by atoms with van der Waals surface area (Å²) in [6, 6.07) is 19.2. The predicted octanol–water partition coefficient (Wildman–Crippen LogP) is 6.13. The second kappa shape index (κ2) is 13.2. The van der Waals surface area contributed by atoms with E-state index in [1.165, 1.54) is 18.2 Å². The molecular weight excluding hydrogens is 604 g/mol. The number of halogens is 3. The van der Waals surface area contributed by atoms with Gasteiger partial charge in [0.25, 0.3) is 5.91 Å². The molecule has 44 heavy (non-hydrogen) atoms. The maximum atomic E-state index is 14.5. The number of amides is 2. The van der Waals surface area contributed by atoms with Crippen LogP contribution in [0.25, 0.3) is 5.57 Å². The van der Waals surface area contributed by atoms with E-state index < -0.39 is 5.82 Å². The minimum Gasteiger partial charge on any atom is -0.490 e. The summed E-state index contributed by atoms with van der Waals surface area (Å²) in [5.41, 5.74) is 3.56. The fraction of sp³-hybridized carbons (Fsp3) is 0.353. The molecule has 3 aromatic carbocycles. The zero-order valence-corrected chi connectivity index (χ0v) is 25.9. The van der Waals surface area contributed by atoms with Gasteiger partial charge in [0, 0.05) is 55.3 Å². The van der Waals surface area contributed by atoms with Crippen molar-refractivity contribution >= 4 is 40.6 Å². The molecule has 2 heterocycles. The van der Waals surface area contributed by atoms with Crippen molar-refractivity contribution in [3.05, 3.63) is 99.3 Å². The Labute approximate surface area is 266 Å². The number of benzene rings is 3. The molecule has 6 rings (SSSR count). The second-order valence-electron chi connectivity index (χ2n) is 11.5. The summed E-state index contributed by atoms with van der Waals surface area (Å²) < 4.78 is 24.9. The number of hydrogen-bond acceptors (Lipinski definition) is 5. The maximum absolute atomic E-state index is 14.5. The Hall–Kier alpha value is -3.59. The third-order valence-electron chi connectivity index (χ3n) is 8.33. The van der Waals surface area contributed by atoms with Crippen LogP contribution in [0, 0.1) is 5.82 Å². The number of carbonyl (C=O) groups is 2. The summed E-state index contributed by atoms with van der Waals surface area (Å²) in [7, 11) is 0. The van der Waals surface area contributed by atoms with Gasteiger partial charge in [0.1, 0.15) is 30.5 Å². The summed E-state index contributed by atoms with van der Waals surface area (Å²) >= 11 is 12.6. The molecule has 2 fully saturated rings. The van der Waals surface area contributed by atoms with Crippen molar-refractivity contribution in [1.29, 1.82) is 0 Å². The lowest BCUT2D eigenvalue weighted by Crippen LogP contribution is -2.61. The predicted molar refractivity (Wildman–Crippen MR) is 168 cm³/mol. The largest absolute Gasteiger partial charge is 0.490 e. The molecule has 0 spiro atoms. The van der Waals surface area contributed by atoms with Gasteiger partial charge in [-0.3, -0.25) is 9.59 Å². The molecule has 10 heteroatoms. The molecule has 1 saturated heterocycles. The van der Waals surface area contributed by atoms with Crippen molar-refractivity contribution in [3.8, 4) is 11.5 Å². The van der Waals surface area contributed by atoms with Crippen molar-refractivity contribution in [2.45, 2.75) is 50.9 Å². The molecule has 2 amide bonds. The molecule has 1 saturated carbocycles. The van der Waals surface area contributed by atoms with E-state index in [-0.39, 0.29) is 48.9 Å². The van der Waals surface area contributed by atoms with Gasteiger partial charge in [0.15, 0.2) is 0 Å². The highest BCUT2D eigenvalue weighted by Gasteiger charge is 2.43. The summed E-state index contributed by atoms with van der Waals surface area (Å²) in [5.74, 6) is 0.484. The highest BCUT2D eigenvalue weighted by Crippen LogP contribution is 2.38. The van der Waals surface area contributed by atoms with Crippen molar-refractivity contribution in [2.24, 2.45) is 0 Å². The molecule has 1 aliphatic carbocycles. The molecule has 7 nitrogen and oxygen atoms in total. The Morgan fingerprint density at radius 2 is 1.73 bits per heavy atom.